The molecule has 3 heterocycles. The summed E-state index contributed by atoms with van der Waals surface area (Å²) < 4.78 is 35.0. The molecule has 0 amide bonds. The molecule has 0 saturated carbocycles. The number of dihydropyridines is 1. The van der Waals surface area contributed by atoms with Gasteiger partial charge in [0.2, 0.25) is 0 Å². The third kappa shape index (κ3) is 5.20. The third-order valence-corrected chi connectivity index (χ3v) is 7.56. The van der Waals surface area contributed by atoms with Crippen molar-refractivity contribution in [2.75, 3.05) is 26.2 Å². The molecule has 2 aromatic rings. The van der Waals surface area contributed by atoms with Gasteiger partial charge in [0.15, 0.2) is 17.5 Å². The van der Waals surface area contributed by atoms with Gasteiger partial charge in [-0.05, 0) is 42.7 Å². The quantitative estimate of drug-likeness (QED) is 0.561. The summed E-state index contributed by atoms with van der Waals surface area (Å²) >= 11 is 0. The van der Waals surface area contributed by atoms with Crippen LogP contribution in [0.2, 0.25) is 0 Å². The molecule has 200 valence electrons. The number of likely N-dealkylation sites (tertiary alicyclic amines) is 1. The number of aromatic carboxylic acids is 1. The second kappa shape index (κ2) is 10.6. The first-order valence-corrected chi connectivity index (χ1v) is 12.9. The minimum Gasteiger partial charge on any atom is -0.481 e. The van der Waals surface area contributed by atoms with Crippen molar-refractivity contribution in [3.8, 4) is 0 Å². The molecule has 2 aromatic carbocycles. The third-order valence-electron chi connectivity index (χ3n) is 7.56. The smallest absolute Gasteiger partial charge is 0.335 e. The van der Waals surface area contributed by atoms with Gasteiger partial charge in [-0.25, -0.2) is 18.6 Å². The number of oxime groups is 1. The minimum atomic E-state index is -0.964. The number of carbonyl (C=O) groups is 1. The van der Waals surface area contributed by atoms with E-state index in [2.05, 4.69) is 10.1 Å². The summed E-state index contributed by atoms with van der Waals surface area (Å²) in [6.45, 7) is 5.98. The number of hydrogen-bond acceptors (Lipinski definition) is 6. The summed E-state index contributed by atoms with van der Waals surface area (Å²) in [6.07, 6.45) is 4.52. The van der Waals surface area contributed by atoms with E-state index in [1.54, 1.807) is 43.3 Å². The van der Waals surface area contributed by atoms with Crippen molar-refractivity contribution < 1.29 is 28.3 Å². The van der Waals surface area contributed by atoms with Crippen LogP contribution in [0.4, 0.5) is 8.78 Å². The van der Waals surface area contributed by atoms with Crippen LogP contribution in [0.25, 0.3) is 5.57 Å². The van der Waals surface area contributed by atoms with E-state index in [4.69, 9.17) is 19.7 Å². The predicted octanol–water partition coefficient (Wildman–Crippen LogP) is 5.22. The van der Waals surface area contributed by atoms with Crippen LogP contribution in [0.3, 0.4) is 0 Å². The molecule has 1 unspecified atom stereocenters. The normalized spacial score (nSPS) is 20.9. The number of halogens is 2. The molecule has 3 aliphatic rings. The molecule has 5 rings (SSSR count). The van der Waals surface area contributed by atoms with Crippen LogP contribution in [0, 0.1) is 18.6 Å². The Kier molecular flexibility index (Phi) is 7.29. The van der Waals surface area contributed by atoms with E-state index in [0.717, 1.165) is 37.2 Å². The van der Waals surface area contributed by atoms with Crippen LogP contribution in [0.15, 0.2) is 52.6 Å². The number of aryl methyl sites for hydroxylation is 1. The highest BCUT2D eigenvalue weighted by atomic mass is 19.2. The Morgan fingerprint density at radius 3 is 2.58 bits per heavy atom. The van der Waals surface area contributed by atoms with E-state index in [9.17, 15) is 13.6 Å². The van der Waals surface area contributed by atoms with Gasteiger partial charge in [-0.1, -0.05) is 35.5 Å². The van der Waals surface area contributed by atoms with E-state index in [1.807, 2.05) is 13.0 Å². The molecular weight excluding hydrogens is 492 g/mol. The maximum atomic E-state index is 14.9. The Morgan fingerprint density at radius 2 is 1.89 bits per heavy atom. The van der Waals surface area contributed by atoms with Gasteiger partial charge in [0.1, 0.15) is 5.60 Å². The fourth-order valence-electron chi connectivity index (χ4n) is 5.33. The Morgan fingerprint density at radius 1 is 1.16 bits per heavy atom. The SMILES string of the molecule is CCOC1=NC(CN2CCC3(CC2)CC(c2ccc(C(=O)O)cc2)=NO3)C(c2ccc(C)c(F)c2F)=CC1. The van der Waals surface area contributed by atoms with Gasteiger partial charge >= 0.3 is 5.97 Å². The lowest BCUT2D eigenvalue weighted by atomic mass is 9.85. The van der Waals surface area contributed by atoms with Crippen LogP contribution < -0.4 is 0 Å². The standard InChI is InChI=1S/C29H31F2N3O4/c1-3-37-25-11-10-21(22-9-4-18(2)26(30)27(22)31)24(32-25)17-34-14-12-29(13-15-34)16-23(33-38-29)19-5-7-20(8-6-19)28(35)36/h4-10,24H,3,11-17H2,1-2H3,(H,35,36). The molecule has 3 aliphatic heterocycles. The summed E-state index contributed by atoms with van der Waals surface area (Å²) in [6, 6.07) is 9.52. The summed E-state index contributed by atoms with van der Waals surface area (Å²) in [5, 5.41) is 13.5. The minimum absolute atomic E-state index is 0.232. The number of carboxylic acid groups (broad SMARTS) is 1. The van der Waals surface area contributed by atoms with Crippen LogP contribution in [-0.2, 0) is 9.57 Å². The Balaban J connectivity index is 1.25. The summed E-state index contributed by atoms with van der Waals surface area (Å²) in [5.41, 5.74) is 2.71. The number of carboxylic acids is 1. The molecule has 1 spiro atoms. The zero-order valence-electron chi connectivity index (χ0n) is 21.5. The van der Waals surface area contributed by atoms with Crippen LogP contribution in [0.1, 0.15) is 59.7 Å². The maximum Gasteiger partial charge on any atom is 0.335 e. The zero-order valence-corrected chi connectivity index (χ0v) is 21.5. The van der Waals surface area contributed by atoms with E-state index in [0.29, 0.717) is 37.5 Å². The van der Waals surface area contributed by atoms with Gasteiger partial charge in [0, 0.05) is 50.9 Å². The van der Waals surface area contributed by atoms with Gasteiger partial charge in [-0.2, -0.15) is 0 Å². The average Bonchev–Trinajstić information content (AvgIpc) is 3.33. The second-order valence-electron chi connectivity index (χ2n) is 10.1. The first kappa shape index (κ1) is 26.0. The van der Waals surface area contributed by atoms with Crippen molar-refractivity contribution in [2.24, 2.45) is 10.1 Å². The molecule has 0 radical (unpaired) electrons. The molecule has 0 aromatic heterocycles. The number of hydrogen-bond donors (Lipinski definition) is 1. The lowest BCUT2D eigenvalue weighted by Gasteiger charge is -2.38. The second-order valence-corrected chi connectivity index (χ2v) is 10.1. The highest BCUT2D eigenvalue weighted by Crippen LogP contribution is 2.37. The molecule has 9 heteroatoms. The van der Waals surface area contributed by atoms with Crippen LogP contribution >= 0.6 is 0 Å². The fraction of sp³-hybridized carbons (Fsp3) is 0.414. The molecular formula is C29H31F2N3O4. The summed E-state index contributed by atoms with van der Waals surface area (Å²) in [5.74, 6) is -2.02. The summed E-state index contributed by atoms with van der Waals surface area (Å²) in [4.78, 5) is 24.1. The van der Waals surface area contributed by atoms with Gasteiger partial charge in [-0.15, -0.1) is 0 Å². The first-order valence-electron chi connectivity index (χ1n) is 12.9. The van der Waals surface area contributed by atoms with Gasteiger partial charge < -0.3 is 19.6 Å². The number of nitrogens with zero attached hydrogens (tertiary/aromatic N) is 3. The first-order chi connectivity index (χ1) is 18.3. The number of benzene rings is 2. The molecule has 1 fully saturated rings. The van der Waals surface area contributed by atoms with Crippen molar-refractivity contribution in [3.05, 3.63) is 76.4 Å². The van der Waals surface area contributed by atoms with E-state index < -0.39 is 23.2 Å². The van der Waals surface area contributed by atoms with E-state index in [1.165, 1.54) is 0 Å². The molecule has 7 nitrogen and oxygen atoms in total. The fourth-order valence-corrected chi connectivity index (χ4v) is 5.33. The molecule has 1 atom stereocenters. The van der Waals surface area contributed by atoms with Gasteiger partial charge in [0.05, 0.1) is 23.9 Å². The lowest BCUT2D eigenvalue weighted by molar-refractivity contribution is -0.0615. The topological polar surface area (TPSA) is 83.7 Å². The van der Waals surface area contributed by atoms with Crippen molar-refractivity contribution >= 4 is 23.2 Å². The monoisotopic (exact) mass is 523 g/mol. The van der Waals surface area contributed by atoms with E-state index in [-0.39, 0.29) is 22.7 Å². The highest BCUT2D eigenvalue weighted by Gasteiger charge is 2.43. The van der Waals surface area contributed by atoms with Crippen molar-refractivity contribution in [3.63, 3.8) is 0 Å². The molecule has 0 aliphatic carbocycles. The van der Waals surface area contributed by atoms with Crippen LogP contribution in [-0.4, -0.2) is 65.5 Å². The van der Waals surface area contributed by atoms with Gasteiger partial charge in [-0.3, -0.25) is 0 Å². The van der Waals surface area contributed by atoms with Crippen molar-refractivity contribution in [1.82, 2.24) is 4.90 Å². The van der Waals surface area contributed by atoms with Crippen LogP contribution in [0.5, 0.6) is 0 Å². The predicted molar refractivity (Wildman–Crippen MR) is 141 cm³/mol. The number of ether oxygens (including phenoxy) is 1. The average molecular weight is 524 g/mol. The molecule has 1 N–H and O–H groups in total. The largest absolute Gasteiger partial charge is 0.481 e. The van der Waals surface area contributed by atoms with Gasteiger partial charge in [0.25, 0.3) is 0 Å². The molecule has 0 bridgehead atoms. The number of aliphatic imine (C=N–C) groups is 1. The lowest BCUT2D eigenvalue weighted by Crippen LogP contribution is -2.47. The molecule has 38 heavy (non-hydrogen) atoms. The Bertz CT molecular complexity index is 1310. The van der Waals surface area contributed by atoms with E-state index >= 15 is 0 Å². The number of rotatable bonds is 6. The Labute approximate surface area is 220 Å². The summed E-state index contributed by atoms with van der Waals surface area (Å²) in [7, 11) is 0. The molecule has 1 saturated heterocycles. The zero-order chi connectivity index (χ0) is 26.9. The maximum absolute atomic E-state index is 14.9. The Hall–Kier alpha value is -3.59. The van der Waals surface area contributed by atoms with Crippen molar-refractivity contribution in [1.29, 1.82) is 0 Å². The number of piperidine rings is 1. The van der Waals surface area contributed by atoms with Crippen molar-refractivity contribution in [2.45, 2.75) is 51.2 Å². The highest BCUT2D eigenvalue weighted by molar-refractivity contribution is 6.02.